The summed E-state index contributed by atoms with van der Waals surface area (Å²) in [5.41, 5.74) is 8.49. The number of carboxylic acids is 1. The van der Waals surface area contributed by atoms with Crippen LogP contribution < -0.4 is 16.4 Å². The van der Waals surface area contributed by atoms with Crippen molar-refractivity contribution in [3.8, 4) is 0 Å². The molecule has 1 aliphatic heterocycles. The predicted octanol–water partition coefficient (Wildman–Crippen LogP) is 3.44. The van der Waals surface area contributed by atoms with Gasteiger partial charge < -0.3 is 26.4 Å². The van der Waals surface area contributed by atoms with Gasteiger partial charge in [-0.05, 0) is 48.0 Å². The lowest BCUT2D eigenvalue weighted by atomic mass is 9.84. The number of rotatable bonds is 6. The quantitative estimate of drug-likeness (QED) is 0.482. The molecule has 0 spiro atoms. The van der Waals surface area contributed by atoms with Crippen molar-refractivity contribution in [3.63, 3.8) is 0 Å². The highest BCUT2D eigenvalue weighted by molar-refractivity contribution is 6.35. The summed E-state index contributed by atoms with van der Waals surface area (Å²) in [6.07, 6.45) is -0.504. The maximum atomic E-state index is 12.3. The number of carbonyl (C=O) groups excluding carboxylic acids is 2. The second kappa shape index (κ2) is 10.9. The number of nitrogens with two attached hydrogens (primary N) is 1. The van der Waals surface area contributed by atoms with Crippen molar-refractivity contribution in [3.05, 3.63) is 63.1 Å². The summed E-state index contributed by atoms with van der Waals surface area (Å²) in [7, 11) is 2.00. The van der Waals surface area contributed by atoms with Crippen LogP contribution in [0.15, 0.2) is 36.4 Å². The van der Waals surface area contributed by atoms with Crippen molar-refractivity contribution in [1.29, 1.82) is 0 Å². The first-order chi connectivity index (χ1) is 14.6. The van der Waals surface area contributed by atoms with Gasteiger partial charge in [-0.15, -0.1) is 12.4 Å². The Morgan fingerprint density at radius 2 is 1.97 bits per heavy atom. The number of benzene rings is 2. The summed E-state index contributed by atoms with van der Waals surface area (Å²) in [6, 6.07) is 8.71. The molecule has 11 heteroatoms. The van der Waals surface area contributed by atoms with Crippen molar-refractivity contribution in [1.82, 2.24) is 10.2 Å². The van der Waals surface area contributed by atoms with Gasteiger partial charge in [0.1, 0.15) is 6.04 Å². The lowest BCUT2D eigenvalue weighted by Gasteiger charge is -2.33. The molecule has 0 aromatic heterocycles. The van der Waals surface area contributed by atoms with Crippen LogP contribution in [0.4, 0.5) is 10.5 Å². The van der Waals surface area contributed by atoms with Crippen molar-refractivity contribution < 1.29 is 19.5 Å². The Bertz CT molecular complexity index is 1030. The topological polar surface area (TPSA) is 125 Å². The SMILES string of the molecule is CN1Cc2c(Cl)cc(Cl)cc2C(c2cccc(NC(=O)N[C@@H](CC(N)=O)C(=O)O)c2)C1.Cl. The molecule has 0 saturated carbocycles. The van der Waals surface area contributed by atoms with Crippen LogP contribution >= 0.6 is 35.6 Å². The van der Waals surface area contributed by atoms with E-state index >= 15 is 0 Å². The molecule has 172 valence electrons. The number of hydrogen-bond donors (Lipinski definition) is 4. The van der Waals surface area contributed by atoms with Crippen molar-refractivity contribution in [2.45, 2.75) is 24.9 Å². The van der Waals surface area contributed by atoms with Gasteiger partial charge in [0.25, 0.3) is 0 Å². The maximum Gasteiger partial charge on any atom is 0.326 e. The first-order valence-electron chi connectivity index (χ1n) is 9.49. The minimum Gasteiger partial charge on any atom is -0.480 e. The number of halogens is 3. The highest BCUT2D eigenvalue weighted by Crippen LogP contribution is 2.38. The smallest absolute Gasteiger partial charge is 0.326 e. The maximum absolute atomic E-state index is 12.3. The Morgan fingerprint density at radius 3 is 2.62 bits per heavy atom. The van der Waals surface area contributed by atoms with Crippen molar-refractivity contribution >= 4 is 59.2 Å². The molecule has 32 heavy (non-hydrogen) atoms. The van der Waals surface area contributed by atoms with E-state index in [9.17, 15) is 14.4 Å². The number of carbonyl (C=O) groups is 3. The van der Waals surface area contributed by atoms with Crippen LogP contribution in [0.1, 0.15) is 29.0 Å². The fourth-order valence-electron chi connectivity index (χ4n) is 3.69. The van der Waals surface area contributed by atoms with Crippen LogP contribution in [0, 0.1) is 0 Å². The number of aliphatic carboxylic acids is 1. The van der Waals surface area contributed by atoms with Crippen LogP contribution in [0.2, 0.25) is 10.0 Å². The van der Waals surface area contributed by atoms with E-state index in [1.807, 2.05) is 25.2 Å². The normalized spacial score (nSPS) is 16.3. The molecule has 0 fully saturated rings. The van der Waals surface area contributed by atoms with E-state index in [4.69, 9.17) is 34.0 Å². The third-order valence-corrected chi connectivity index (χ3v) is 5.60. The van der Waals surface area contributed by atoms with E-state index in [1.54, 1.807) is 18.2 Å². The molecule has 1 unspecified atom stereocenters. The number of likely N-dealkylation sites (N-methyl/N-ethyl adjacent to an activating group) is 1. The van der Waals surface area contributed by atoms with Gasteiger partial charge >= 0.3 is 12.0 Å². The van der Waals surface area contributed by atoms with E-state index in [2.05, 4.69) is 15.5 Å². The number of hydrogen-bond acceptors (Lipinski definition) is 4. The minimum absolute atomic E-state index is 0. The Hall–Kier alpha value is -2.52. The third-order valence-electron chi connectivity index (χ3n) is 5.05. The van der Waals surface area contributed by atoms with Crippen LogP contribution in [0.3, 0.4) is 0 Å². The van der Waals surface area contributed by atoms with Gasteiger partial charge in [-0.1, -0.05) is 35.3 Å². The van der Waals surface area contributed by atoms with Gasteiger partial charge in [0.2, 0.25) is 5.91 Å². The molecule has 0 saturated heterocycles. The molecule has 3 amide bonds. The second-order valence-corrected chi connectivity index (χ2v) is 8.33. The minimum atomic E-state index is -1.41. The molecule has 0 aliphatic carbocycles. The van der Waals surface area contributed by atoms with E-state index in [1.165, 1.54) is 0 Å². The number of nitrogens with one attached hydrogen (secondary N) is 2. The Morgan fingerprint density at radius 1 is 1.25 bits per heavy atom. The fraction of sp³-hybridized carbons (Fsp3) is 0.286. The summed E-state index contributed by atoms with van der Waals surface area (Å²) in [5.74, 6) is -2.19. The first-order valence-corrected chi connectivity index (χ1v) is 10.2. The Labute approximate surface area is 201 Å². The first kappa shape index (κ1) is 25.7. The molecule has 2 atom stereocenters. The van der Waals surface area contributed by atoms with E-state index in [-0.39, 0.29) is 18.3 Å². The third kappa shape index (κ3) is 6.26. The van der Waals surface area contributed by atoms with Gasteiger partial charge in [0, 0.05) is 34.7 Å². The van der Waals surface area contributed by atoms with Crippen LogP contribution in [-0.4, -0.2) is 47.5 Å². The van der Waals surface area contributed by atoms with Gasteiger partial charge in [-0.25, -0.2) is 9.59 Å². The fourth-order valence-corrected chi connectivity index (χ4v) is 4.26. The number of carboxylic acid groups (broad SMARTS) is 1. The van der Waals surface area contributed by atoms with Crippen LogP contribution in [0.25, 0.3) is 0 Å². The molecule has 5 N–H and O–H groups in total. The zero-order valence-electron chi connectivity index (χ0n) is 17.1. The second-order valence-electron chi connectivity index (χ2n) is 7.49. The van der Waals surface area contributed by atoms with Crippen LogP contribution in [-0.2, 0) is 16.1 Å². The molecule has 2 aromatic carbocycles. The monoisotopic (exact) mass is 500 g/mol. The molecule has 1 aliphatic rings. The van der Waals surface area contributed by atoms with Gasteiger partial charge in [-0.3, -0.25) is 4.79 Å². The van der Waals surface area contributed by atoms with Crippen molar-refractivity contribution in [2.75, 3.05) is 18.9 Å². The number of fused-ring (bicyclic) bond motifs is 1. The lowest BCUT2D eigenvalue weighted by molar-refractivity contribution is -0.140. The average Bonchev–Trinajstić information content (AvgIpc) is 2.67. The summed E-state index contributed by atoms with van der Waals surface area (Å²) in [4.78, 5) is 36.6. The van der Waals surface area contributed by atoms with Gasteiger partial charge in [-0.2, -0.15) is 0 Å². The zero-order valence-corrected chi connectivity index (χ0v) is 19.4. The molecule has 2 aromatic rings. The molecule has 3 rings (SSSR count). The largest absolute Gasteiger partial charge is 0.480 e. The number of primary amides is 1. The lowest BCUT2D eigenvalue weighted by Crippen LogP contribution is -2.45. The highest BCUT2D eigenvalue weighted by atomic mass is 35.5. The molecule has 1 heterocycles. The van der Waals surface area contributed by atoms with Gasteiger partial charge in [0.15, 0.2) is 0 Å². The summed E-state index contributed by atoms with van der Waals surface area (Å²) < 4.78 is 0. The number of urea groups is 1. The molecule has 0 bridgehead atoms. The Kier molecular flexibility index (Phi) is 8.74. The van der Waals surface area contributed by atoms with Gasteiger partial charge in [0.05, 0.1) is 6.42 Å². The van der Waals surface area contributed by atoms with E-state index in [0.717, 1.165) is 23.2 Å². The zero-order chi connectivity index (χ0) is 22.7. The average molecular weight is 502 g/mol. The number of anilines is 1. The standard InChI is InChI=1S/C21H22Cl2N4O4.ClH/c1-27-9-15(14-6-12(22)7-17(23)16(14)10-27)11-3-2-4-13(5-11)25-21(31)26-18(20(29)30)8-19(24)28;/h2-7,15,18H,8-10H2,1H3,(H2,24,28)(H,29,30)(H2,25,26,31);1H/t15?,18-;/m0./s1. The Balaban J connectivity index is 0.00000363. The number of amides is 3. The predicted molar refractivity (Wildman–Crippen MR) is 126 cm³/mol. The summed E-state index contributed by atoms with van der Waals surface area (Å²) >= 11 is 12.7. The summed E-state index contributed by atoms with van der Waals surface area (Å²) in [5, 5.41) is 15.2. The summed E-state index contributed by atoms with van der Waals surface area (Å²) in [6.45, 7) is 1.44. The van der Waals surface area contributed by atoms with E-state index < -0.39 is 30.4 Å². The van der Waals surface area contributed by atoms with Crippen LogP contribution in [0.5, 0.6) is 0 Å². The molecular weight excluding hydrogens is 479 g/mol. The molecule has 8 nitrogen and oxygen atoms in total. The molecular formula is C21H23Cl3N4O4. The highest BCUT2D eigenvalue weighted by Gasteiger charge is 2.27. The van der Waals surface area contributed by atoms with E-state index in [0.29, 0.717) is 22.3 Å². The molecule has 0 radical (unpaired) electrons. The van der Waals surface area contributed by atoms with Crippen molar-refractivity contribution in [2.24, 2.45) is 5.73 Å². The number of nitrogens with zero attached hydrogens (tertiary/aromatic N) is 1.